The molecule has 0 unspecified atom stereocenters. The molecule has 0 spiro atoms. The molecular formula is C21H23N3O3. The minimum atomic E-state index is -0.123. The second-order valence-corrected chi connectivity index (χ2v) is 6.65. The highest BCUT2D eigenvalue weighted by Crippen LogP contribution is 2.33. The van der Waals surface area contributed by atoms with Gasteiger partial charge in [-0.15, -0.1) is 0 Å². The number of aromatic nitrogens is 1. The molecule has 6 nitrogen and oxygen atoms in total. The lowest BCUT2D eigenvalue weighted by Gasteiger charge is -2.28. The summed E-state index contributed by atoms with van der Waals surface area (Å²) in [6.07, 6.45) is 1.90. The van der Waals surface area contributed by atoms with E-state index in [4.69, 9.17) is 9.47 Å². The van der Waals surface area contributed by atoms with Crippen LogP contribution in [0.15, 0.2) is 48.7 Å². The van der Waals surface area contributed by atoms with Crippen LogP contribution in [0.3, 0.4) is 0 Å². The Bertz CT molecular complexity index is 980. The summed E-state index contributed by atoms with van der Waals surface area (Å²) in [5.74, 6) is 0.722. The molecule has 140 valence electrons. The number of carbonyl (C=O) groups is 1. The van der Waals surface area contributed by atoms with Crippen LogP contribution in [0.5, 0.6) is 5.75 Å². The van der Waals surface area contributed by atoms with Crippen LogP contribution >= 0.6 is 0 Å². The molecule has 2 heterocycles. The van der Waals surface area contributed by atoms with Gasteiger partial charge in [0.05, 0.1) is 24.4 Å². The van der Waals surface area contributed by atoms with Crippen molar-refractivity contribution >= 4 is 28.2 Å². The normalized spacial score (nSPS) is 13.3. The number of hydrogen-bond donors (Lipinski definition) is 1. The van der Waals surface area contributed by atoms with Crippen molar-refractivity contribution in [3.8, 4) is 5.75 Å². The molecule has 0 bridgehead atoms. The average Bonchev–Trinajstić information content (AvgIpc) is 3.06. The van der Waals surface area contributed by atoms with Gasteiger partial charge in [-0.25, -0.2) is 0 Å². The molecule has 4 rings (SSSR count). The Morgan fingerprint density at radius 3 is 2.96 bits per heavy atom. The van der Waals surface area contributed by atoms with E-state index < -0.39 is 0 Å². The van der Waals surface area contributed by atoms with Crippen LogP contribution in [0, 0.1) is 0 Å². The Labute approximate surface area is 158 Å². The number of nitrogens with zero attached hydrogens (tertiary/aromatic N) is 2. The van der Waals surface area contributed by atoms with E-state index in [0.717, 1.165) is 34.6 Å². The number of fused-ring (bicyclic) bond motifs is 2. The SMILES string of the molecule is COCCn1cc(C(=O)Nc2ccc3c(c2)N(C)CCO3)c2ccccc21. The number of ether oxygens (including phenoxy) is 2. The number of likely N-dealkylation sites (N-methyl/N-ethyl adjacent to an activating group) is 1. The van der Waals surface area contributed by atoms with Crippen LogP contribution in [0.2, 0.25) is 0 Å². The molecule has 6 heteroatoms. The Morgan fingerprint density at radius 2 is 2.11 bits per heavy atom. The maximum Gasteiger partial charge on any atom is 0.257 e. The van der Waals surface area contributed by atoms with Crippen LogP contribution in [0.25, 0.3) is 10.9 Å². The smallest absolute Gasteiger partial charge is 0.257 e. The highest BCUT2D eigenvalue weighted by Gasteiger charge is 2.18. The Balaban J connectivity index is 1.63. The number of anilines is 2. The second-order valence-electron chi connectivity index (χ2n) is 6.65. The van der Waals surface area contributed by atoms with Crippen molar-refractivity contribution in [1.29, 1.82) is 0 Å². The van der Waals surface area contributed by atoms with E-state index in [9.17, 15) is 4.79 Å². The van der Waals surface area contributed by atoms with Gasteiger partial charge in [0.15, 0.2) is 0 Å². The minimum absolute atomic E-state index is 0.123. The number of amides is 1. The number of rotatable bonds is 5. The second kappa shape index (κ2) is 7.32. The number of nitrogens with one attached hydrogen (secondary N) is 1. The highest BCUT2D eigenvalue weighted by molar-refractivity contribution is 6.13. The third-order valence-electron chi connectivity index (χ3n) is 4.88. The molecular weight excluding hydrogens is 342 g/mol. The van der Waals surface area contributed by atoms with Crippen LogP contribution in [-0.4, -0.2) is 44.4 Å². The molecule has 1 aliphatic heterocycles. The summed E-state index contributed by atoms with van der Waals surface area (Å²) in [5.41, 5.74) is 3.42. The monoisotopic (exact) mass is 365 g/mol. The summed E-state index contributed by atoms with van der Waals surface area (Å²) >= 11 is 0. The molecule has 1 amide bonds. The highest BCUT2D eigenvalue weighted by atomic mass is 16.5. The average molecular weight is 365 g/mol. The van der Waals surface area contributed by atoms with Crippen LogP contribution in [0.4, 0.5) is 11.4 Å². The Kier molecular flexibility index (Phi) is 4.73. The van der Waals surface area contributed by atoms with Gasteiger partial charge in [-0.3, -0.25) is 4.79 Å². The van der Waals surface area contributed by atoms with E-state index in [1.54, 1.807) is 7.11 Å². The van der Waals surface area contributed by atoms with Crippen molar-refractivity contribution in [2.75, 3.05) is 44.1 Å². The van der Waals surface area contributed by atoms with Gasteiger partial charge in [0.25, 0.3) is 5.91 Å². The zero-order valence-electron chi connectivity index (χ0n) is 15.6. The molecule has 0 saturated heterocycles. The number of methoxy groups -OCH3 is 1. The van der Waals surface area contributed by atoms with E-state index in [1.807, 2.05) is 55.7 Å². The van der Waals surface area contributed by atoms with Crippen molar-refractivity contribution in [1.82, 2.24) is 4.57 Å². The zero-order valence-corrected chi connectivity index (χ0v) is 15.6. The van der Waals surface area contributed by atoms with Crippen molar-refractivity contribution in [3.05, 3.63) is 54.2 Å². The first kappa shape index (κ1) is 17.4. The molecule has 1 aromatic heterocycles. The molecule has 1 N–H and O–H groups in total. The summed E-state index contributed by atoms with van der Waals surface area (Å²) in [6, 6.07) is 13.7. The quantitative estimate of drug-likeness (QED) is 0.753. The van der Waals surface area contributed by atoms with Crippen LogP contribution in [-0.2, 0) is 11.3 Å². The predicted molar refractivity (Wildman–Crippen MR) is 107 cm³/mol. The maximum atomic E-state index is 13.0. The lowest BCUT2D eigenvalue weighted by molar-refractivity contribution is 0.102. The van der Waals surface area contributed by atoms with E-state index in [0.29, 0.717) is 25.3 Å². The molecule has 3 aromatic rings. The van der Waals surface area contributed by atoms with Crippen LogP contribution < -0.4 is 15.0 Å². The molecule has 2 aromatic carbocycles. The van der Waals surface area contributed by atoms with Gasteiger partial charge in [0, 0.05) is 43.5 Å². The number of benzene rings is 2. The number of para-hydroxylation sites is 1. The molecule has 27 heavy (non-hydrogen) atoms. The van der Waals surface area contributed by atoms with Crippen molar-refractivity contribution in [2.24, 2.45) is 0 Å². The number of carbonyl (C=O) groups excluding carboxylic acids is 1. The molecule has 0 aliphatic carbocycles. The summed E-state index contributed by atoms with van der Waals surface area (Å²) in [4.78, 5) is 15.1. The summed E-state index contributed by atoms with van der Waals surface area (Å²) < 4.78 is 12.9. The third kappa shape index (κ3) is 3.36. The first-order valence-electron chi connectivity index (χ1n) is 9.03. The molecule has 0 radical (unpaired) electrons. The topological polar surface area (TPSA) is 55.7 Å². The van der Waals surface area contributed by atoms with Gasteiger partial charge in [0.2, 0.25) is 0 Å². The van der Waals surface area contributed by atoms with E-state index >= 15 is 0 Å². The van der Waals surface area contributed by atoms with Gasteiger partial charge in [-0.1, -0.05) is 18.2 Å². The molecule has 0 saturated carbocycles. The first-order chi connectivity index (χ1) is 13.2. The van der Waals surface area contributed by atoms with Crippen molar-refractivity contribution in [3.63, 3.8) is 0 Å². The molecule has 0 fully saturated rings. The largest absolute Gasteiger partial charge is 0.490 e. The van der Waals surface area contributed by atoms with Crippen LogP contribution in [0.1, 0.15) is 10.4 Å². The fourth-order valence-electron chi connectivity index (χ4n) is 3.43. The minimum Gasteiger partial charge on any atom is -0.490 e. The summed E-state index contributed by atoms with van der Waals surface area (Å²) in [5, 5.41) is 3.96. The standard InChI is InChI=1S/C21H23N3O3/c1-23-9-12-27-20-8-7-15(13-19(20)23)22-21(25)17-14-24(10-11-26-2)18-6-4-3-5-16(17)18/h3-8,13-14H,9-12H2,1-2H3,(H,22,25). The summed E-state index contributed by atoms with van der Waals surface area (Å²) in [6.45, 7) is 2.80. The van der Waals surface area contributed by atoms with Crippen molar-refractivity contribution in [2.45, 2.75) is 6.54 Å². The van der Waals surface area contributed by atoms with E-state index in [2.05, 4.69) is 14.8 Å². The predicted octanol–water partition coefficient (Wildman–Crippen LogP) is 3.37. The molecule has 1 aliphatic rings. The van der Waals surface area contributed by atoms with Gasteiger partial charge in [-0.2, -0.15) is 0 Å². The van der Waals surface area contributed by atoms with Gasteiger partial charge >= 0.3 is 0 Å². The van der Waals surface area contributed by atoms with Gasteiger partial charge < -0.3 is 24.3 Å². The fraction of sp³-hybridized carbons (Fsp3) is 0.286. The lowest BCUT2D eigenvalue weighted by atomic mass is 10.1. The third-order valence-corrected chi connectivity index (χ3v) is 4.88. The fourth-order valence-corrected chi connectivity index (χ4v) is 3.43. The first-order valence-corrected chi connectivity index (χ1v) is 9.03. The Hall–Kier alpha value is -2.99. The maximum absolute atomic E-state index is 13.0. The van der Waals surface area contributed by atoms with Crippen molar-refractivity contribution < 1.29 is 14.3 Å². The lowest BCUT2D eigenvalue weighted by Crippen LogP contribution is -2.28. The summed E-state index contributed by atoms with van der Waals surface area (Å²) in [7, 11) is 3.70. The van der Waals surface area contributed by atoms with E-state index in [-0.39, 0.29) is 5.91 Å². The Morgan fingerprint density at radius 1 is 1.26 bits per heavy atom. The number of hydrogen-bond acceptors (Lipinski definition) is 4. The van der Waals surface area contributed by atoms with E-state index in [1.165, 1.54) is 0 Å². The van der Waals surface area contributed by atoms with Gasteiger partial charge in [0.1, 0.15) is 12.4 Å². The zero-order chi connectivity index (χ0) is 18.8. The van der Waals surface area contributed by atoms with Gasteiger partial charge in [-0.05, 0) is 24.3 Å². The molecule has 0 atom stereocenters.